The van der Waals surface area contributed by atoms with Crippen LogP contribution in [0.1, 0.15) is 34.5 Å². The number of rotatable bonds is 5. The van der Waals surface area contributed by atoms with Crippen molar-refractivity contribution in [2.24, 2.45) is 0 Å². The number of nitrogens with zero attached hydrogens (tertiary/aromatic N) is 5. The number of anilines is 2. The molecule has 8 heteroatoms. The van der Waals surface area contributed by atoms with Gasteiger partial charge in [0.15, 0.2) is 10.8 Å². The molecule has 1 N–H and O–H groups in total. The van der Waals surface area contributed by atoms with Crippen molar-refractivity contribution >= 4 is 38.4 Å². The summed E-state index contributed by atoms with van der Waals surface area (Å²) in [5.74, 6) is -0.00221. The van der Waals surface area contributed by atoms with E-state index >= 15 is 0 Å². The average molecular weight is 475 g/mol. The Labute approximate surface area is 204 Å². The van der Waals surface area contributed by atoms with Gasteiger partial charge in [-0.15, -0.1) is 0 Å². The normalized spacial score (nSPS) is 14.5. The first-order chi connectivity index (χ1) is 16.4. The van der Waals surface area contributed by atoms with Crippen molar-refractivity contribution in [1.82, 2.24) is 20.1 Å². The van der Waals surface area contributed by atoms with Crippen LogP contribution < -0.4 is 15.1 Å². The molecule has 0 radical (unpaired) electrons. The number of benzene rings is 2. The van der Waals surface area contributed by atoms with E-state index in [9.17, 15) is 4.79 Å². The van der Waals surface area contributed by atoms with Crippen LogP contribution in [0, 0.1) is 13.8 Å². The summed E-state index contributed by atoms with van der Waals surface area (Å²) in [4.78, 5) is 22.0. The highest BCUT2D eigenvalue weighted by Crippen LogP contribution is 2.33. The first kappa shape index (κ1) is 22.4. The summed E-state index contributed by atoms with van der Waals surface area (Å²) >= 11 is 1.71. The van der Waals surface area contributed by atoms with E-state index in [1.807, 2.05) is 54.9 Å². The minimum atomic E-state index is -0.00221. The third-order valence-electron chi connectivity index (χ3n) is 6.37. The van der Waals surface area contributed by atoms with Gasteiger partial charge in [-0.1, -0.05) is 23.5 Å². The topological polar surface area (TPSA) is 66.3 Å². The molecule has 2 aromatic heterocycles. The van der Waals surface area contributed by atoms with Gasteiger partial charge < -0.3 is 15.1 Å². The number of aromatic nitrogens is 3. The lowest BCUT2D eigenvalue weighted by Gasteiger charge is -2.32. The van der Waals surface area contributed by atoms with Crippen molar-refractivity contribution in [3.63, 3.8) is 0 Å². The second kappa shape index (κ2) is 9.10. The highest BCUT2D eigenvalue weighted by Gasteiger charge is 2.25. The number of piperidine rings is 1. The van der Waals surface area contributed by atoms with Gasteiger partial charge in [0.2, 0.25) is 0 Å². The van der Waals surface area contributed by atoms with Gasteiger partial charge in [0.25, 0.3) is 5.91 Å². The van der Waals surface area contributed by atoms with Gasteiger partial charge in [-0.05, 0) is 68.7 Å². The maximum atomic E-state index is 12.7. The van der Waals surface area contributed by atoms with Gasteiger partial charge in [-0.2, -0.15) is 10.1 Å². The van der Waals surface area contributed by atoms with Crippen LogP contribution in [-0.4, -0.2) is 53.9 Å². The van der Waals surface area contributed by atoms with Crippen LogP contribution in [0.25, 0.3) is 16.0 Å². The van der Waals surface area contributed by atoms with Crippen LogP contribution in [0.5, 0.6) is 0 Å². The summed E-state index contributed by atoms with van der Waals surface area (Å²) in [5.41, 5.74) is 5.95. The Kier molecular flexibility index (Phi) is 6.00. The van der Waals surface area contributed by atoms with Gasteiger partial charge in [0, 0.05) is 44.5 Å². The number of fused-ring (bicyclic) bond motifs is 1. The summed E-state index contributed by atoms with van der Waals surface area (Å²) in [6, 6.07) is 16.3. The number of hydrogen-bond donors (Lipinski definition) is 1. The van der Waals surface area contributed by atoms with Crippen molar-refractivity contribution in [2.75, 3.05) is 37.0 Å². The summed E-state index contributed by atoms with van der Waals surface area (Å²) in [6.07, 6.45) is 1.81. The molecular weight excluding hydrogens is 444 g/mol. The molecule has 1 aliphatic rings. The third kappa shape index (κ3) is 4.37. The third-order valence-corrected chi connectivity index (χ3v) is 7.58. The maximum Gasteiger partial charge on any atom is 0.251 e. The van der Waals surface area contributed by atoms with Crippen LogP contribution in [0.2, 0.25) is 0 Å². The molecule has 34 heavy (non-hydrogen) atoms. The Bertz CT molecular complexity index is 1320. The fourth-order valence-corrected chi connectivity index (χ4v) is 5.43. The molecule has 1 fully saturated rings. The Morgan fingerprint density at radius 2 is 1.82 bits per heavy atom. The SMILES string of the molecule is Cc1cccc(-n2nc(C)c3sc(N4CCC(NC(=O)c5ccc(N(C)C)cc5)CC4)nc32)c1. The largest absolute Gasteiger partial charge is 0.378 e. The Balaban J connectivity index is 1.25. The molecule has 1 aliphatic heterocycles. The molecule has 2 aromatic carbocycles. The molecule has 4 aromatic rings. The van der Waals surface area contributed by atoms with E-state index in [-0.39, 0.29) is 11.9 Å². The average Bonchev–Trinajstić information content (AvgIpc) is 3.40. The maximum absolute atomic E-state index is 12.7. The van der Waals surface area contributed by atoms with E-state index in [1.165, 1.54) is 5.56 Å². The fourth-order valence-electron chi connectivity index (χ4n) is 4.39. The van der Waals surface area contributed by atoms with Crippen LogP contribution in [-0.2, 0) is 0 Å². The second-order valence-corrected chi connectivity index (χ2v) is 10.1. The van der Waals surface area contributed by atoms with Crippen LogP contribution in [0.4, 0.5) is 10.8 Å². The predicted molar refractivity (Wildman–Crippen MR) is 140 cm³/mol. The molecule has 5 rings (SSSR count). The highest BCUT2D eigenvalue weighted by molar-refractivity contribution is 7.22. The minimum absolute atomic E-state index is 0.00221. The Hall–Kier alpha value is -3.39. The zero-order valence-electron chi connectivity index (χ0n) is 20.1. The molecule has 0 unspecified atom stereocenters. The molecule has 1 amide bonds. The van der Waals surface area contributed by atoms with E-state index in [0.717, 1.165) is 58.5 Å². The number of carbonyl (C=O) groups excluding carboxylic acids is 1. The van der Waals surface area contributed by atoms with E-state index in [2.05, 4.69) is 41.4 Å². The Morgan fingerprint density at radius 3 is 2.50 bits per heavy atom. The first-order valence-electron chi connectivity index (χ1n) is 11.7. The quantitative estimate of drug-likeness (QED) is 0.459. The van der Waals surface area contributed by atoms with Crippen LogP contribution >= 0.6 is 11.3 Å². The van der Waals surface area contributed by atoms with E-state index in [1.54, 1.807) is 11.3 Å². The van der Waals surface area contributed by atoms with Gasteiger partial charge in [-0.3, -0.25) is 4.79 Å². The molecule has 3 heterocycles. The van der Waals surface area contributed by atoms with E-state index in [4.69, 9.17) is 10.1 Å². The lowest BCUT2D eigenvalue weighted by molar-refractivity contribution is 0.0931. The molecule has 0 atom stereocenters. The fraction of sp³-hybridized carbons (Fsp3) is 0.346. The molecule has 0 saturated carbocycles. The smallest absolute Gasteiger partial charge is 0.251 e. The van der Waals surface area contributed by atoms with E-state index < -0.39 is 0 Å². The number of nitrogens with one attached hydrogen (secondary N) is 1. The number of amides is 1. The molecule has 7 nitrogen and oxygen atoms in total. The number of hydrogen-bond acceptors (Lipinski definition) is 6. The van der Waals surface area contributed by atoms with Crippen molar-refractivity contribution in [2.45, 2.75) is 32.7 Å². The molecule has 1 saturated heterocycles. The first-order valence-corrected chi connectivity index (χ1v) is 12.5. The summed E-state index contributed by atoms with van der Waals surface area (Å²) < 4.78 is 3.08. The van der Waals surface area contributed by atoms with E-state index in [0.29, 0.717) is 5.56 Å². The van der Waals surface area contributed by atoms with Gasteiger partial charge in [-0.25, -0.2) is 4.68 Å². The summed E-state index contributed by atoms with van der Waals surface area (Å²) in [5, 5.41) is 8.97. The lowest BCUT2D eigenvalue weighted by Crippen LogP contribution is -2.44. The minimum Gasteiger partial charge on any atom is -0.378 e. The van der Waals surface area contributed by atoms with Crippen LogP contribution in [0.15, 0.2) is 48.5 Å². The predicted octanol–water partition coefficient (Wildman–Crippen LogP) is 4.56. The molecule has 0 aliphatic carbocycles. The van der Waals surface area contributed by atoms with Gasteiger partial charge in [0.05, 0.1) is 16.1 Å². The van der Waals surface area contributed by atoms with Crippen LogP contribution in [0.3, 0.4) is 0 Å². The standard InChI is InChI=1S/C26H30N6OS/c1-17-6-5-7-22(16-17)32-24-23(18(2)29-32)34-26(28-24)31-14-12-20(13-15-31)27-25(33)19-8-10-21(11-9-19)30(3)4/h5-11,16,20H,12-15H2,1-4H3,(H,27,33). The number of aryl methyl sites for hydroxylation is 2. The molecule has 0 bridgehead atoms. The number of thiazole rings is 1. The summed E-state index contributed by atoms with van der Waals surface area (Å²) in [7, 11) is 3.99. The zero-order chi connectivity index (χ0) is 23.8. The zero-order valence-corrected chi connectivity index (χ0v) is 20.9. The molecule has 0 spiro atoms. The monoisotopic (exact) mass is 474 g/mol. The van der Waals surface area contributed by atoms with Crippen molar-refractivity contribution in [3.8, 4) is 5.69 Å². The number of carbonyl (C=O) groups is 1. The second-order valence-electron chi connectivity index (χ2n) is 9.16. The molecular formula is C26H30N6OS. The lowest BCUT2D eigenvalue weighted by atomic mass is 10.0. The van der Waals surface area contributed by atoms with Crippen molar-refractivity contribution < 1.29 is 4.79 Å². The van der Waals surface area contributed by atoms with Gasteiger partial charge >= 0.3 is 0 Å². The Morgan fingerprint density at radius 1 is 1.09 bits per heavy atom. The van der Waals surface area contributed by atoms with Gasteiger partial charge in [0.1, 0.15) is 0 Å². The summed E-state index contributed by atoms with van der Waals surface area (Å²) in [6.45, 7) is 5.88. The van der Waals surface area contributed by atoms with Crippen molar-refractivity contribution in [1.29, 1.82) is 0 Å². The molecule has 176 valence electrons. The van der Waals surface area contributed by atoms with Crippen molar-refractivity contribution in [3.05, 3.63) is 65.4 Å². The highest BCUT2D eigenvalue weighted by atomic mass is 32.1.